The van der Waals surface area contributed by atoms with Gasteiger partial charge in [0.15, 0.2) is 0 Å². The summed E-state index contributed by atoms with van der Waals surface area (Å²) in [6.45, 7) is 0.0493. The Bertz CT molecular complexity index is 379. The van der Waals surface area contributed by atoms with Gasteiger partial charge in [0.25, 0.3) is 0 Å². The number of alkyl halides is 3. The zero-order chi connectivity index (χ0) is 12.9. The summed E-state index contributed by atoms with van der Waals surface area (Å²) in [5.41, 5.74) is -4.24. The third-order valence-corrected chi connectivity index (χ3v) is 2.33. The smallest absolute Gasteiger partial charge is 0.441 e. The summed E-state index contributed by atoms with van der Waals surface area (Å²) < 4.78 is 40.2. The molecule has 1 N–H and O–H groups in total. The van der Waals surface area contributed by atoms with E-state index in [1.54, 1.807) is 0 Å². The molecule has 0 aliphatic carbocycles. The number of hydrogen-bond acceptors (Lipinski definition) is 6. The number of methoxy groups -OCH3 is 1. The van der Waals surface area contributed by atoms with E-state index >= 15 is 0 Å². The van der Waals surface area contributed by atoms with Gasteiger partial charge in [0.2, 0.25) is 11.2 Å². The maximum absolute atomic E-state index is 11.8. The van der Waals surface area contributed by atoms with Gasteiger partial charge in [-0.15, -0.1) is 0 Å². The minimum atomic E-state index is -4.24. The van der Waals surface area contributed by atoms with Crippen molar-refractivity contribution in [3.8, 4) is 6.01 Å². The molecule has 1 aromatic heterocycles. The summed E-state index contributed by atoms with van der Waals surface area (Å²) in [4.78, 5) is 11.0. The standard InChI is InChI=1S/C7H8ClF3N4OS/c1-16-6-14-4(8)13-5(15-6)12-2-3-17-7(9,10)11/h2-3H2,1H3,(H,12,13,14,15). The van der Waals surface area contributed by atoms with Gasteiger partial charge in [-0.3, -0.25) is 0 Å². The highest BCUT2D eigenvalue weighted by Crippen LogP contribution is 2.29. The molecule has 0 aliphatic heterocycles. The van der Waals surface area contributed by atoms with Crippen molar-refractivity contribution in [2.45, 2.75) is 5.51 Å². The first-order chi connectivity index (χ1) is 7.90. The second-order valence-electron chi connectivity index (χ2n) is 2.64. The lowest BCUT2D eigenvalue weighted by Crippen LogP contribution is -2.12. The van der Waals surface area contributed by atoms with Crippen LogP contribution in [0.4, 0.5) is 19.1 Å². The molecule has 1 rings (SSSR count). The van der Waals surface area contributed by atoms with Gasteiger partial charge in [-0.25, -0.2) is 0 Å². The van der Waals surface area contributed by atoms with Crippen molar-refractivity contribution in [3.63, 3.8) is 0 Å². The molecule has 1 aromatic rings. The van der Waals surface area contributed by atoms with Gasteiger partial charge in [0, 0.05) is 12.3 Å². The third kappa shape index (κ3) is 5.78. The minimum Gasteiger partial charge on any atom is -0.467 e. The van der Waals surface area contributed by atoms with E-state index in [0.29, 0.717) is 0 Å². The number of nitrogens with one attached hydrogen (secondary N) is 1. The normalized spacial score (nSPS) is 11.4. The van der Waals surface area contributed by atoms with Crippen molar-refractivity contribution < 1.29 is 17.9 Å². The highest BCUT2D eigenvalue weighted by Gasteiger charge is 2.27. The fraction of sp³-hybridized carbons (Fsp3) is 0.571. The van der Waals surface area contributed by atoms with Crippen LogP contribution < -0.4 is 10.1 Å². The Balaban J connectivity index is 2.44. The van der Waals surface area contributed by atoms with Crippen molar-refractivity contribution >= 4 is 29.3 Å². The van der Waals surface area contributed by atoms with E-state index in [0.717, 1.165) is 0 Å². The molecule has 0 bridgehead atoms. The van der Waals surface area contributed by atoms with Crippen molar-refractivity contribution in [2.75, 3.05) is 24.7 Å². The number of ether oxygens (including phenoxy) is 1. The number of aromatic nitrogens is 3. The summed E-state index contributed by atoms with van der Waals surface area (Å²) in [7, 11) is 1.34. The van der Waals surface area contributed by atoms with Crippen LogP contribution in [0, 0.1) is 0 Å². The summed E-state index contributed by atoms with van der Waals surface area (Å²) in [5, 5.41) is 2.49. The predicted molar refractivity (Wildman–Crippen MR) is 58.4 cm³/mol. The summed E-state index contributed by atoms with van der Waals surface area (Å²) in [6.07, 6.45) is 0. The first kappa shape index (κ1) is 14.1. The van der Waals surface area contributed by atoms with Crippen molar-refractivity contribution in [1.82, 2.24) is 15.0 Å². The quantitative estimate of drug-likeness (QED) is 0.838. The minimum absolute atomic E-state index is 0.00373. The lowest BCUT2D eigenvalue weighted by molar-refractivity contribution is -0.0327. The molecule has 96 valence electrons. The zero-order valence-electron chi connectivity index (χ0n) is 8.58. The Morgan fingerprint density at radius 2 is 2.06 bits per heavy atom. The number of thioether (sulfide) groups is 1. The van der Waals surface area contributed by atoms with E-state index in [-0.39, 0.29) is 41.3 Å². The molecule has 0 atom stereocenters. The maximum atomic E-state index is 11.8. The summed E-state index contributed by atoms with van der Waals surface area (Å²) in [6, 6.07) is -0.00373. The Hall–Kier alpha value is -0.960. The molecule has 0 aliphatic rings. The van der Waals surface area contributed by atoms with E-state index < -0.39 is 5.51 Å². The van der Waals surface area contributed by atoms with Gasteiger partial charge in [-0.1, -0.05) is 0 Å². The molecule has 0 aromatic carbocycles. The van der Waals surface area contributed by atoms with Crippen LogP contribution in [0.3, 0.4) is 0 Å². The Kier molecular flexibility index (Phi) is 5.06. The molecular weight excluding hydrogens is 281 g/mol. The van der Waals surface area contributed by atoms with E-state index in [1.165, 1.54) is 7.11 Å². The van der Waals surface area contributed by atoms with Crippen LogP contribution in [-0.2, 0) is 0 Å². The van der Waals surface area contributed by atoms with Crippen molar-refractivity contribution in [3.05, 3.63) is 5.28 Å². The zero-order valence-corrected chi connectivity index (χ0v) is 10.2. The molecule has 0 fully saturated rings. The molecular formula is C7H8ClF3N4OS. The van der Waals surface area contributed by atoms with E-state index in [1.807, 2.05) is 0 Å². The number of halogens is 4. The average Bonchev–Trinajstić information content (AvgIpc) is 2.22. The second kappa shape index (κ2) is 6.10. The highest BCUT2D eigenvalue weighted by molar-refractivity contribution is 8.00. The monoisotopic (exact) mass is 288 g/mol. The fourth-order valence-electron chi connectivity index (χ4n) is 0.832. The van der Waals surface area contributed by atoms with Gasteiger partial charge in [0.1, 0.15) is 0 Å². The van der Waals surface area contributed by atoms with E-state index in [2.05, 4.69) is 20.3 Å². The van der Waals surface area contributed by atoms with Gasteiger partial charge in [0.05, 0.1) is 7.11 Å². The molecule has 0 spiro atoms. The topological polar surface area (TPSA) is 59.9 Å². The molecule has 0 unspecified atom stereocenters. The average molecular weight is 289 g/mol. The van der Waals surface area contributed by atoms with E-state index in [4.69, 9.17) is 16.3 Å². The van der Waals surface area contributed by atoms with Crippen LogP contribution >= 0.6 is 23.4 Å². The Morgan fingerprint density at radius 1 is 1.35 bits per heavy atom. The lowest BCUT2D eigenvalue weighted by atomic mass is 10.7. The highest BCUT2D eigenvalue weighted by atomic mass is 35.5. The molecule has 17 heavy (non-hydrogen) atoms. The maximum Gasteiger partial charge on any atom is 0.441 e. The predicted octanol–water partition coefficient (Wildman–Crippen LogP) is 2.20. The first-order valence-corrected chi connectivity index (χ1v) is 5.67. The number of anilines is 1. The van der Waals surface area contributed by atoms with Gasteiger partial charge >= 0.3 is 11.5 Å². The Morgan fingerprint density at radius 3 is 2.65 bits per heavy atom. The van der Waals surface area contributed by atoms with Crippen molar-refractivity contribution in [2.24, 2.45) is 0 Å². The van der Waals surface area contributed by atoms with Crippen LogP contribution in [0.1, 0.15) is 0 Å². The van der Waals surface area contributed by atoms with E-state index in [9.17, 15) is 13.2 Å². The molecule has 0 radical (unpaired) electrons. The van der Waals surface area contributed by atoms with Gasteiger partial charge in [-0.2, -0.15) is 28.1 Å². The van der Waals surface area contributed by atoms with Crippen molar-refractivity contribution in [1.29, 1.82) is 0 Å². The number of hydrogen-bond donors (Lipinski definition) is 1. The second-order valence-corrected chi connectivity index (χ2v) is 4.13. The van der Waals surface area contributed by atoms with Gasteiger partial charge < -0.3 is 10.1 Å². The van der Waals surface area contributed by atoms with Crippen LogP contribution in [0.2, 0.25) is 5.28 Å². The van der Waals surface area contributed by atoms with Crippen LogP contribution in [0.15, 0.2) is 0 Å². The van der Waals surface area contributed by atoms with Crippen LogP contribution in [0.25, 0.3) is 0 Å². The Labute approximate surface area is 104 Å². The largest absolute Gasteiger partial charge is 0.467 e. The molecule has 0 saturated carbocycles. The SMILES string of the molecule is COc1nc(Cl)nc(NCCSC(F)(F)F)n1. The molecule has 5 nitrogen and oxygen atoms in total. The molecule has 10 heteroatoms. The fourth-order valence-corrected chi connectivity index (χ4v) is 1.42. The molecule has 0 saturated heterocycles. The van der Waals surface area contributed by atoms with Gasteiger partial charge in [-0.05, 0) is 23.4 Å². The van der Waals surface area contributed by atoms with Crippen LogP contribution in [-0.4, -0.2) is 39.9 Å². The summed E-state index contributed by atoms with van der Waals surface area (Å²) in [5.74, 6) is -0.0839. The summed E-state index contributed by atoms with van der Waals surface area (Å²) >= 11 is 5.42. The molecule has 1 heterocycles. The third-order valence-electron chi connectivity index (χ3n) is 1.42. The lowest BCUT2D eigenvalue weighted by Gasteiger charge is -2.07. The van der Waals surface area contributed by atoms with Crippen LogP contribution in [0.5, 0.6) is 6.01 Å². The number of nitrogens with zero attached hydrogens (tertiary/aromatic N) is 3. The molecule has 0 amide bonds. The first-order valence-electron chi connectivity index (χ1n) is 4.31. The number of rotatable bonds is 5.